The lowest BCUT2D eigenvalue weighted by Crippen LogP contribution is -2.26. The minimum absolute atomic E-state index is 0.165. The molecule has 1 aromatic heterocycles. The van der Waals surface area contributed by atoms with Gasteiger partial charge in [-0.25, -0.2) is 23.1 Å². The van der Waals surface area contributed by atoms with Crippen molar-refractivity contribution < 1.29 is 13.2 Å². The number of nitrogens with zero attached hydrogens (tertiary/aromatic N) is 2. The van der Waals surface area contributed by atoms with Gasteiger partial charge < -0.3 is 4.74 Å². The van der Waals surface area contributed by atoms with Crippen molar-refractivity contribution >= 4 is 10.0 Å². The first-order chi connectivity index (χ1) is 10.6. The fourth-order valence-electron chi connectivity index (χ4n) is 2.02. The van der Waals surface area contributed by atoms with E-state index in [2.05, 4.69) is 14.7 Å². The molecule has 1 N–H and O–H groups in total. The fraction of sp³-hybridized carbons (Fsp3) is 0.333. The van der Waals surface area contributed by atoms with E-state index in [1.54, 1.807) is 24.5 Å². The lowest BCUT2D eigenvalue weighted by molar-refractivity contribution is 0.402. The Morgan fingerprint density at radius 2 is 1.91 bits per heavy atom. The molecule has 0 atom stereocenters. The predicted molar refractivity (Wildman–Crippen MR) is 83.3 cm³/mol. The minimum Gasteiger partial charge on any atom is -0.495 e. The third kappa shape index (κ3) is 4.02. The summed E-state index contributed by atoms with van der Waals surface area (Å²) in [5, 5.41) is 0. The first kappa shape index (κ1) is 16.4. The lowest BCUT2D eigenvalue weighted by Gasteiger charge is -2.12. The molecule has 0 spiro atoms. The van der Waals surface area contributed by atoms with E-state index in [-0.39, 0.29) is 11.4 Å². The van der Waals surface area contributed by atoms with Crippen LogP contribution in [-0.2, 0) is 22.9 Å². The Kier molecular flexibility index (Phi) is 5.46. The summed E-state index contributed by atoms with van der Waals surface area (Å²) in [6.45, 7) is 2.25. The van der Waals surface area contributed by atoms with Gasteiger partial charge in [-0.15, -0.1) is 0 Å². The van der Waals surface area contributed by atoms with Crippen molar-refractivity contribution in [1.82, 2.24) is 14.7 Å². The normalized spacial score (nSPS) is 11.4. The largest absolute Gasteiger partial charge is 0.495 e. The van der Waals surface area contributed by atoms with Crippen LogP contribution in [0.3, 0.4) is 0 Å². The molecular formula is C15H19N3O3S. The molecule has 0 aliphatic carbocycles. The van der Waals surface area contributed by atoms with Gasteiger partial charge in [-0.05, 0) is 36.1 Å². The van der Waals surface area contributed by atoms with Gasteiger partial charge in [0.25, 0.3) is 0 Å². The van der Waals surface area contributed by atoms with Crippen molar-refractivity contribution in [2.75, 3.05) is 13.7 Å². The van der Waals surface area contributed by atoms with E-state index in [4.69, 9.17) is 4.74 Å². The highest BCUT2D eigenvalue weighted by atomic mass is 32.2. The Balaban J connectivity index is 2.13. The van der Waals surface area contributed by atoms with E-state index in [1.807, 2.05) is 13.0 Å². The zero-order valence-electron chi connectivity index (χ0n) is 12.6. The summed E-state index contributed by atoms with van der Waals surface area (Å²) in [7, 11) is -2.16. The number of hydrogen-bond donors (Lipinski definition) is 1. The zero-order chi connectivity index (χ0) is 16.0. The van der Waals surface area contributed by atoms with Crippen LogP contribution < -0.4 is 9.46 Å². The molecule has 0 amide bonds. The number of sulfonamides is 1. The van der Waals surface area contributed by atoms with Crippen LogP contribution in [0.2, 0.25) is 0 Å². The molecule has 1 heterocycles. The maximum atomic E-state index is 12.4. The Hall–Kier alpha value is -1.99. The molecule has 0 aliphatic heterocycles. The average Bonchev–Trinajstić information content (AvgIpc) is 2.55. The second-order valence-electron chi connectivity index (χ2n) is 4.73. The van der Waals surface area contributed by atoms with Crippen LogP contribution >= 0.6 is 0 Å². The Morgan fingerprint density at radius 1 is 1.18 bits per heavy atom. The monoisotopic (exact) mass is 321 g/mol. The third-order valence-electron chi connectivity index (χ3n) is 3.25. The second-order valence-corrected chi connectivity index (χ2v) is 6.47. The van der Waals surface area contributed by atoms with E-state index in [1.165, 1.54) is 13.4 Å². The van der Waals surface area contributed by atoms with Crippen LogP contribution in [0.15, 0.2) is 41.8 Å². The van der Waals surface area contributed by atoms with E-state index >= 15 is 0 Å². The van der Waals surface area contributed by atoms with Crippen molar-refractivity contribution in [3.05, 3.63) is 48.0 Å². The van der Waals surface area contributed by atoms with E-state index in [0.717, 1.165) is 17.5 Å². The lowest BCUT2D eigenvalue weighted by atomic mass is 10.2. The molecule has 0 fully saturated rings. The Labute approximate surface area is 130 Å². The van der Waals surface area contributed by atoms with Crippen molar-refractivity contribution in [1.29, 1.82) is 0 Å². The molecule has 2 rings (SSSR count). The Morgan fingerprint density at radius 3 is 2.55 bits per heavy atom. The number of aryl methyl sites for hydroxylation is 1. The summed E-state index contributed by atoms with van der Waals surface area (Å²) in [6, 6.07) is 5.18. The molecule has 0 aliphatic rings. The minimum atomic E-state index is -3.62. The van der Waals surface area contributed by atoms with Crippen molar-refractivity contribution in [2.24, 2.45) is 0 Å². The number of rotatable bonds is 7. The highest BCUT2D eigenvalue weighted by Crippen LogP contribution is 2.24. The van der Waals surface area contributed by atoms with Gasteiger partial charge >= 0.3 is 0 Å². The molecule has 2 aromatic rings. The van der Waals surface area contributed by atoms with Crippen molar-refractivity contribution in [3.8, 4) is 5.75 Å². The highest BCUT2D eigenvalue weighted by Gasteiger charge is 2.19. The SMILES string of the molecule is CCc1ccc(OC)c(S(=O)(=O)NCCc2cncnc2)c1. The molecule has 22 heavy (non-hydrogen) atoms. The summed E-state index contributed by atoms with van der Waals surface area (Å²) in [5.74, 6) is 0.341. The van der Waals surface area contributed by atoms with E-state index in [0.29, 0.717) is 12.2 Å². The van der Waals surface area contributed by atoms with E-state index < -0.39 is 10.0 Å². The van der Waals surface area contributed by atoms with Crippen molar-refractivity contribution in [3.63, 3.8) is 0 Å². The summed E-state index contributed by atoms with van der Waals surface area (Å²) in [6.07, 6.45) is 6.05. The van der Waals surface area contributed by atoms with Gasteiger partial charge in [-0.2, -0.15) is 0 Å². The molecule has 118 valence electrons. The quantitative estimate of drug-likeness (QED) is 0.837. The smallest absolute Gasteiger partial charge is 0.244 e. The molecule has 0 bridgehead atoms. The number of ether oxygens (including phenoxy) is 1. The van der Waals surface area contributed by atoms with Gasteiger partial charge in [0, 0.05) is 18.9 Å². The van der Waals surface area contributed by atoms with Gasteiger partial charge in [0.05, 0.1) is 7.11 Å². The molecule has 6 nitrogen and oxygen atoms in total. The molecule has 0 radical (unpaired) electrons. The van der Waals surface area contributed by atoms with Crippen LogP contribution in [0.1, 0.15) is 18.1 Å². The van der Waals surface area contributed by atoms with Crippen LogP contribution in [0, 0.1) is 0 Å². The number of methoxy groups -OCH3 is 1. The first-order valence-corrected chi connectivity index (χ1v) is 8.45. The second kappa shape index (κ2) is 7.33. The summed E-state index contributed by atoms with van der Waals surface area (Å²) >= 11 is 0. The third-order valence-corrected chi connectivity index (χ3v) is 4.73. The van der Waals surface area contributed by atoms with Crippen LogP contribution in [0.4, 0.5) is 0 Å². The molecule has 0 saturated carbocycles. The molecule has 0 unspecified atom stereocenters. The molecule has 1 aromatic carbocycles. The highest BCUT2D eigenvalue weighted by molar-refractivity contribution is 7.89. The number of benzene rings is 1. The summed E-state index contributed by atoms with van der Waals surface area (Å²) in [4.78, 5) is 7.96. The fourth-order valence-corrected chi connectivity index (χ4v) is 3.27. The maximum absolute atomic E-state index is 12.4. The first-order valence-electron chi connectivity index (χ1n) is 6.97. The molecular weight excluding hydrogens is 302 g/mol. The van der Waals surface area contributed by atoms with Crippen LogP contribution in [-0.4, -0.2) is 32.0 Å². The maximum Gasteiger partial charge on any atom is 0.244 e. The topological polar surface area (TPSA) is 81.2 Å². The van der Waals surface area contributed by atoms with Gasteiger partial charge in [0.1, 0.15) is 17.0 Å². The summed E-state index contributed by atoms with van der Waals surface area (Å²) in [5.41, 5.74) is 1.82. The van der Waals surface area contributed by atoms with Crippen LogP contribution in [0.5, 0.6) is 5.75 Å². The average molecular weight is 321 g/mol. The number of nitrogens with one attached hydrogen (secondary N) is 1. The summed E-state index contributed by atoms with van der Waals surface area (Å²) < 4.78 is 32.6. The van der Waals surface area contributed by atoms with Gasteiger partial charge in [-0.3, -0.25) is 0 Å². The number of aromatic nitrogens is 2. The number of hydrogen-bond acceptors (Lipinski definition) is 5. The molecule has 0 saturated heterocycles. The zero-order valence-corrected chi connectivity index (χ0v) is 13.4. The van der Waals surface area contributed by atoms with Gasteiger partial charge in [0.15, 0.2) is 0 Å². The Bertz CT molecular complexity index is 718. The van der Waals surface area contributed by atoms with E-state index in [9.17, 15) is 8.42 Å². The predicted octanol–water partition coefficient (Wildman–Crippen LogP) is 1.57. The standard InChI is InChI=1S/C15H19N3O3S/c1-3-12-4-5-14(21-2)15(8-12)22(19,20)18-7-6-13-9-16-11-17-10-13/h4-5,8-11,18H,3,6-7H2,1-2H3. The van der Waals surface area contributed by atoms with Gasteiger partial charge in [-0.1, -0.05) is 13.0 Å². The van der Waals surface area contributed by atoms with Crippen molar-refractivity contribution in [2.45, 2.75) is 24.7 Å². The van der Waals surface area contributed by atoms with Crippen LogP contribution in [0.25, 0.3) is 0 Å². The van der Waals surface area contributed by atoms with Gasteiger partial charge in [0.2, 0.25) is 10.0 Å². The molecule has 7 heteroatoms.